The molecule has 0 radical (unpaired) electrons. The number of anilines is 1. The van der Waals surface area contributed by atoms with Crippen LogP contribution in [0.15, 0.2) is 30.3 Å². The van der Waals surface area contributed by atoms with Crippen LogP contribution < -0.4 is 5.32 Å². The molecular formula is C17H19NO2. The zero-order chi connectivity index (χ0) is 14.9. The highest BCUT2D eigenvalue weighted by Gasteiger charge is 2.13. The summed E-state index contributed by atoms with van der Waals surface area (Å²) in [6, 6.07) is 9.25. The van der Waals surface area contributed by atoms with Gasteiger partial charge in [-0.15, -0.1) is 0 Å². The van der Waals surface area contributed by atoms with Crippen LogP contribution in [0.25, 0.3) is 0 Å². The number of phenols is 1. The van der Waals surface area contributed by atoms with E-state index in [2.05, 4.69) is 5.32 Å². The van der Waals surface area contributed by atoms with Gasteiger partial charge in [-0.1, -0.05) is 18.2 Å². The zero-order valence-corrected chi connectivity index (χ0v) is 12.2. The molecule has 3 nitrogen and oxygen atoms in total. The van der Waals surface area contributed by atoms with Crippen LogP contribution >= 0.6 is 0 Å². The average molecular weight is 269 g/mol. The number of benzene rings is 2. The van der Waals surface area contributed by atoms with E-state index in [0.29, 0.717) is 5.56 Å². The van der Waals surface area contributed by atoms with Crippen LogP contribution in [0.3, 0.4) is 0 Å². The Morgan fingerprint density at radius 3 is 2.15 bits per heavy atom. The predicted molar refractivity (Wildman–Crippen MR) is 81.5 cm³/mol. The van der Waals surface area contributed by atoms with Crippen LogP contribution in [0.2, 0.25) is 0 Å². The second-order valence-electron chi connectivity index (χ2n) is 5.17. The summed E-state index contributed by atoms with van der Waals surface area (Å²) in [6.45, 7) is 7.52. The minimum absolute atomic E-state index is 0.117. The van der Waals surface area contributed by atoms with Crippen molar-refractivity contribution < 1.29 is 9.90 Å². The van der Waals surface area contributed by atoms with Crippen molar-refractivity contribution in [2.45, 2.75) is 27.7 Å². The Labute approximate surface area is 119 Å². The van der Waals surface area contributed by atoms with Crippen molar-refractivity contribution in [3.05, 3.63) is 58.1 Å². The zero-order valence-electron chi connectivity index (χ0n) is 12.2. The molecule has 2 N–H and O–H groups in total. The van der Waals surface area contributed by atoms with Crippen LogP contribution in [-0.4, -0.2) is 11.0 Å². The first-order chi connectivity index (χ1) is 9.40. The molecule has 0 saturated carbocycles. The van der Waals surface area contributed by atoms with Gasteiger partial charge in [-0.2, -0.15) is 0 Å². The highest BCUT2D eigenvalue weighted by atomic mass is 16.3. The lowest BCUT2D eigenvalue weighted by Crippen LogP contribution is -2.15. The Hall–Kier alpha value is -2.29. The molecular weight excluding hydrogens is 250 g/mol. The fraction of sp³-hybridized carbons (Fsp3) is 0.235. The normalized spacial score (nSPS) is 10.4. The van der Waals surface area contributed by atoms with Crippen LogP contribution in [-0.2, 0) is 0 Å². The van der Waals surface area contributed by atoms with Crippen molar-refractivity contribution >= 4 is 11.6 Å². The van der Waals surface area contributed by atoms with Gasteiger partial charge in [0.05, 0.1) is 0 Å². The van der Waals surface area contributed by atoms with E-state index in [-0.39, 0.29) is 11.7 Å². The van der Waals surface area contributed by atoms with Gasteiger partial charge < -0.3 is 10.4 Å². The largest absolute Gasteiger partial charge is 0.508 e. The quantitative estimate of drug-likeness (QED) is 0.813. The standard InChI is InChI=1S/C17H19NO2/c1-10-6-5-7-11(2)16(10)17(20)18-14-8-13(4)15(19)9-12(14)3/h5-9,19H,1-4H3,(H,18,20). The molecule has 0 spiro atoms. The molecule has 0 saturated heterocycles. The summed E-state index contributed by atoms with van der Waals surface area (Å²) in [5.74, 6) is 0.126. The Balaban J connectivity index is 2.35. The van der Waals surface area contributed by atoms with E-state index in [9.17, 15) is 9.90 Å². The molecule has 0 unspecified atom stereocenters. The molecule has 0 bridgehead atoms. The van der Waals surface area contributed by atoms with Crippen LogP contribution in [0.1, 0.15) is 32.6 Å². The van der Waals surface area contributed by atoms with E-state index in [4.69, 9.17) is 0 Å². The second-order valence-corrected chi connectivity index (χ2v) is 5.17. The number of amides is 1. The molecule has 2 aromatic rings. The Kier molecular flexibility index (Phi) is 3.79. The van der Waals surface area contributed by atoms with Crippen molar-refractivity contribution in [3.63, 3.8) is 0 Å². The van der Waals surface area contributed by atoms with E-state index >= 15 is 0 Å². The lowest BCUT2D eigenvalue weighted by atomic mass is 10.0. The number of carbonyl (C=O) groups excluding carboxylic acids is 1. The molecule has 1 amide bonds. The van der Waals surface area contributed by atoms with Gasteiger partial charge in [0, 0.05) is 11.3 Å². The summed E-state index contributed by atoms with van der Waals surface area (Å²) < 4.78 is 0. The number of aryl methyl sites for hydroxylation is 4. The average Bonchev–Trinajstić information content (AvgIpc) is 2.35. The summed E-state index contributed by atoms with van der Waals surface area (Å²) >= 11 is 0. The molecule has 0 aromatic heterocycles. The van der Waals surface area contributed by atoms with Gasteiger partial charge in [0.1, 0.15) is 5.75 Å². The van der Waals surface area contributed by atoms with E-state index < -0.39 is 0 Å². The Morgan fingerprint density at radius 1 is 0.950 bits per heavy atom. The van der Waals surface area contributed by atoms with Gasteiger partial charge in [0.25, 0.3) is 5.91 Å². The molecule has 0 aliphatic carbocycles. The fourth-order valence-electron chi connectivity index (χ4n) is 2.29. The lowest BCUT2D eigenvalue weighted by Gasteiger charge is -2.13. The van der Waals surface area contributed by atoms with Gasteiger partial charge in [-0.25, -0.2) is 0 Å². The third-order valence-electron chi connectivity index (χ3n) is 3.50. The molecule has 0 atom stereocenters. The molecule has 3 heteroatoms. The first kappa shape index (κ1) is 14.1. The molecule has 0 heterocycles. The van der Waals surface area contributed by atoms with E-state index in [1.807, 2.05) is 45.9 Å². The van der Waals surface area contributed by atoms with Gasteiger partial charge >= 0.3 is 0 Å². The van der Waals surface area contributed by atoms with E-state index in [1.54, 1.807) is 12.1 Å². The van der Waals surface area contributed by atoms with Crippen molar-refractivity contribution in [1.29, 1.82) is 0 Å². The van der Waals surface area contributed by atoms with Gasteiger partial charge in [-0.3, -0.25) is 4.79 Å². The smallest absolute Gasteiger partial charge is 0.256 e. The predicted octanol–water partition coefficient (Wildman–Crippen LogP) is 3.88. The maximum atomic E-state index is 12.4. The fourth-order valence-corrected chi connectivity index (χ4v) is 2.29. The van der Waals surface area contributed by atoms with E-state index in [1.165, 1.54) is 0 Å². The van der Waals surface area contributed by atoms with Gasteiger partial charge in [0.2, 0.25) is 0 Å². The molecule has 2 aromatic carbocycles. The Bertz CT molecular complexity index is 655. The molecule has 0 aliphatic rings. The second kappa shape index (κ2) is 5.37. The minimum Gasteiger partial charge on any atom is -0.508 e. The highest BCUT2D eigenvalue weighted by Crippen LogP contribution is 2.26. The maximum absolute atomic E-state index is 12.4. The number of nitrogens with one attached hydrogen (secondary N) is 1. The molecule has 0 aliphatic heterocycles. The minimum atomic E-state index is -0.117. The van der Waals surface area contributed by atoms with Crippen molar-refractivity contribution in [1.82, 2.24) is 0 Å². The third-order valence-corrected chi connectivity index (χ3v) is 3.50. The topological polar surface area (TPSA) is 49.3 Å². The molecule has 0 fully saturated rings. The third kappa shape index (κ3) is 2.67. The first-order valence-corrected chi connectivity index (χ1v) is 6.58. The van der Waals surface area contributed by atoms with Gasteiger partial charge in [-0.05, 0) is 62.1 Å². The molecule has 104 valence electrons. The molecule has 20 heavy (non-hydrogen) atoms. The highest BCUT2D eigenvalue weighted by molar-refractivity contribution is 6.06. The van der Waals surface area contributed by atoms with Crippen molar-refractivity contribution in [2.75, 3.05) is 5.32 Å². The SMILES string of the molecule is Cc1cc(NC(=O)c2c(C)cccc2C)c(C)cc1O. The summed E-state index contributed by atoms with van der Waals surface area (Å²) in [4.78, 5) is 12.4. The van der Waals surface area contributed by atoms with Crippen LogP contribution in [0.4, 0.5) is 5.69 Å². The molecule has 2 rings (SSSR count). The van der Waals surface area contributed by atoms with Gasteiger partial charge in [0.15, 0.2) is 0 Å². The number of aromatic hydroxyl groups is 1. The van der Waals surface area contributed by atoms with Crippen molar-refractivity contribution in [3.8, 4) is 5.75 Å². The summed E-state index contributed by atoms with van der Waals surface area (Å²) in [5.41, 5.74) is 4.93. The number of hydrogen-bond donors (Lipinski definition) is 2. The summed E-state index contributed by atoms with van der Waals surface area (Å²) in [6.07, 6.45) is 0. The van der Waals surface area contributed by atoms with Crippen LogP contribution in [0, 0.1) is 27.7 Å². The van der Waals surface area contributed by atoms with Crippen molar-refractivity contribution in [2.24, 2.45) is 0 Å². The summed E-state index contributed by atoms with van der Waals surface area (Å²) in [5, 5.41) is 12.6. The lowest BCUT2D eigenvalue weighted by molar-refractivity contribution is 0.102. The monoisotopic (exact) mass is 269 g/mol. The van der Waals surface area contributed by atoms with E-state index in [0.717, 1.165) is 27.9 Å². The Morgan fingerprint density at radius 2 is 1.55 bits per heavy atom. The number of hydrogen-bond acceptors (Lipinski definition) is 2. The maximum Gasteiger partial charge on any atom is 0.256 e. The first-order valence-electron chi connectivity index (χ1n) is 6.58. The number of phenolic OH excluding ortho intramolecular Hbond substituents is 1. The number of carbonyl (C=O) groups is 1. The number of rotatable bonds is 2. The van der Waals surface area contributed by atoms with Crippen LogP contribution in [0.5, 0.6) is 5.75 Å². The summed E-state index contributed by atoms with van der Waals surface area (Å²) in [7, 11) is 0.